The van der Waals surface area contributed by atoms with Crippen molar-refractivity contribution in [3.63, 3.8) is 0 Å². The smallest absolute Gasteiger partial charge is 0.268 e. The van der Waals surface area contributed by atoms with Gasteiger partial charge in [-0.05, 0) is 55.9 Å². The lowest BCUT2D eigenvalue weighted by molar-refractivity contribution is -0.117. The van der Waals surface area contributed by atoms with Gasteiger partial charge in [-0.2, -0.15) is 0 Å². The van der Waals surface area contributed by atoms with Gasteiger partial charge in [0.2, 0.25) is 5.91 Å². The Balaban J connectivity index is 1.66. The number of hydrogen-bond donors (Lipinski definition) is 4. The molecule has 0 saturated heterocycles. The third-order valence-corrected chi connectivity index (χ3v) is 5.41. The lowest BCUT2D eigenvalue weighted by atomic mass is 9.91. The fourth-order valence-corrected chi connectivity index (χ4v) is 4.00. The summed E-state index contributed by atoms with van der Waals surface area (Å²) in [5.74, 6) is -0.806. The molecule has 1 aromatic heterocycles. The number of hydrogen-bond acceptors (Lipinski definition) is 3. The first-order valence-corrected chi connectivity index (χ1v) is 9.37. The van der Waals surface area contributed by atoms with Crippen molar-refractivity contribution in [2.24, 2.45) is 5.73 Å². The van der Waals surface area contributed by atoms with Crippen LogP contribution in [-0.2, 0) is 4.79 Å². The summed E-state index contributed by atoms with van der Waals surface area (Å²) in [7, 11) is 0. The molecule has 1 fully saturated rings. The summed E-state index contributed by atoms with van der Waals surface area (Å²) in [5, 5.41) is 6.47. The number of fused-ring (bicyclic) bond motifs is 3. The molecule has 4 rings (SSSR count). The van der Waals surface area contributed by atoms with Gasteiger partial charge >= 0.3 is 0 Å². The van der Waals surface area contributed by atoms with Gasteiger partial charge in [0.05, 0.1) is 0 Å². The van der Waals surface area contributed by atoms with E-state index in [1.165, 1.54) is 12.1 Å². The summed E-state index contributed by atoms with van der Waals surface area (Å²) in [6.45, 7) is 0.426. The molecule has 0 bridgehead atoms. The van der Waals surface area contributed by atoms with E-state index in [0.717, 1.165) is 31.3 Å². The normalized spacial score (nSPS) is 24.4. The number of halogens is 1. The fraction of sp³-hybridized carbons (Fsp3) is 0.400. The van der Waals surface area contributed by atoms with Crippen LogP contribution in [0.15, 0.2) is 24.3 Å². The Morgan fingerprint density at radius 2 is 2.04 bits per heavy atom. The van der Waals surface area contributed by atoms with Gasteiger partial charge in [0.1, 0.15) is 11.5 Å². The van der Waals surface area contributed by atoms with Crippen LogP contribution in [0.4, 0.5) is 4.39 Å². The predicted octanol–water partition coefficient (Wildman–Crippen LogP) is 2.21. The van der Waals surface area contributed by atoms with Crippen LogP contribution in [0, 0.1) is 5.82 Å². The van der Waals surface area contributed by atoms with Crippen molar-refractivity contribution in [2.45, 2.75) is 44.2 Å². The molecule has 0 spiro atoms. The third-order valence-electron chi connectivity index (χ3n) is 5.41. The second-order valence-electron chi connectivity index (χ2n) is 7.36. The van der Waals surface area contributed by atoms with Crippen LogP contribution in [0.25, 0.3) is 16.5 Å². The lowest BCUT2D eigenvalue weighted by Gasteiger charge is -2.26. The topological polar surface area (TPSA) is 100 Å². The Bertz CT molecular complexity index is 925. The minimum Gasteiger partial charge on any atom is -0.350 e. The average molecular weight is 370 g/mol. The van der Waals surface area contributed by atoms with Crippen LogP contribution >= 0.6 is 0 Å². The van der Waals surface area contributed by atoms with Gasteiger partial charge in [0.15, 0.2) is 0 Å². The molecule has 27 heavy (non-hydrogen) atoms. The Morgan fingerprint density at radius 3 is 2.81 bits per heavy atom. The molecular weight excluding hydrogens is 347 g/mol. The number of amides is 2. The maximum atomic E-state index is 13.8. The molecule has 7 heteroatoms. The zero-order valence-electron chi connectivity index (χ0n) is 15.0. The molecule has 0 atom stereocenters. The van der Waals surface area contributed by atoms with Gasteiger partial charge in [-0.1, -0.05) is 0 Å². The summed E-state index contributed by atoms with van der Waals surface area (Å²) in [5.41, 5.74) is 8.30. The maximum absolute atomic E-state index is 13.8. The van der Waals surface area contributed by atoms with Crippen LogP contribution in [0.5, 0.6) is 0 Å². The van der Waals surface area contributed by atoms with Gasteiger partial charge in [-0.15, -0.1) is 0 Å². The number of benzene rings is 1. The minimum absolute atomic E-state index is 0.125. The van der Waals surface area contributed by atoms with Crippen molar-refractivity contribution in [1.29, 1.82) is 0 Å². The second kappa shape index (κ2) is 7.15. The van der Waals surface area contributed by atoms with Crippen LogP contribution in [0.3, 0.4) is 0 Å². The highest BCUT2D eigenvalue weighted by Gasteiger charge is 2.25. The molecule has 1 aliphatic heterocycles. The van der Waals surface area contributed by atoms with Crippen molar-refractivity contribution >= 4 is 28.3 Å². The van der Waals surface area contributed by atoms with Crippen LogP contribution < -0.4 is 16.4 Å². The Labute approximate surface area is 156 Å². The molecule has 1 aliphatic carbocycles. The molecule has 0 radical (unpaired) electrons. The molecule has 142 valence electrons. The number of carbonyl (C=O) groups excluding carboxylic acids is 2. The first kappa shape index (κ1) is 17.7. The highest BCUT2D eigenvalue weighted by molar-refractivity contribution is 6.10. The molecule has 1 aromatic carbocycles. The first-order valence-electron chi connectivity index (χ1n) is 9.37. The Hall–Kier alpha value is -2.67. The van der Waals surface area contributed by atoms with Gasteiger partial charge in [-0.3, -0.25) is 9.59 Å². The first-order chi connectivity index (χ1) is 13.0. The van der Waals surface area contributed by atoms with Crippen molar-refractivity contribution in [2.75, 3.05) is 6.54 Å². The molecule has 6 nitrogen and oxygen atoms in total. The Kier molecular flexibility index (Phi) is 4.70. The minimum atomic E-state index is -0.378. The number of nitrogens with two attached hydrogens (primary N) is 1. The number of nitrogens with one attached hydrogen (secondary N) is 3. The second-order valence-corrected chi connectivity index (χ2v) is 7.36. The molecular formula is C20H23FN4O2. The van der Waals surface area contributed by atoms with Crippen molar-refractivity contribution < 1.29 is 14.0 Å². The standard InChI is InChI=1S/C20H23FN4O2/c21-12-1-6-16-15(10-12)18-11(7-8-23-20(27)19(18)25-16)9-17(26)24-14-4-2-13(22)3-5-14/h1,6,9-10,13-14,25H,2-5,7-8,22H2,(H,23,27)(H,24,26)/b11-9+/t13-,14+. The molecule has 2 aromatic rings. The average Bonchev–Trinajstić information content (AvgIpc) is 2.94. The van der Waals surface area contributed by atoms with Gasteiger partial charge < -0.3 is 21.4 Å². The quantitative estimate of drug-likeness (QED) is 0.610. The van der Waals surface area contributed by atoms with Crippen LogP contribution in [0.2, 0.25) is 0 Å². The molecule has 2 heterocycles. The summed E-state index contributed by atoms with van der Waals surface area (Å²) >= 11 is 0. The molecule has 1 saturated carbocycles. The zero-order valence-corrected chi connectivity index (χ0v) is 15.0. The monoisotopic (exact) mass is 370 g/mol. The van der Waals surface area contributed by atoms with Crippen molar-refractivity contribution in [3.05, 3.63) is 41.3 Å². The predicted molar refractivity (Wildman–Crippen MR) is 102 cm³/mol. The summed E-state index contributed by atoms with van der Waals surface area (Å²) in [4.78, 5) is 28.0. The van der Waals surface area contributed by atoms with Gasteiger partial charge in [-0.25, -0.2) is 4.39 Å². The largest absolute Gasteiger partial charge is 0.350 e. The SMILES string of the molecule is N[C@H]1CC[C@@H](NC(=O)/C=C2\CCNC(=O)c3[nH]c4ccc(F)cc4c32)CC1. The van der Waals surface area contributed by atoms with E-state index in [4.69, 9.17) is 5.73 Å². The van der Waals surface area contributed by atoms with E-state index in [2.05, 4.69) is 15.6 Å². The van der Waals surface area contributed by atoms with Crippen molar-refractivity contribution in [1.82, 2.24) is 15.6 Å². The highest BCUT2D eigenvalue weighted by Crippen LogP contribution is 2.33. The zero-order chi connectivity index (χ0) is 19.0. The molecule has 2 amide bonds. The summed E-state index contributed by atoms with van der Waals surface area (Å²) in [6, 6.07) is 4.70. The fourth-order valence-electron chi connectivity index (χ4n) is 4.00. The maximum Gasteiger partial charge on any atom is 0.268 e. The summed E-state index contributed by atoms with van der Waals surface area (Å²) in [6.07, 6.45) is 5.62. The van der Waals surface area contributed by atoms with E-state index in [0.29, 0.717) is 35.1 Å². The number of rotatable bonds is 2. The number of aromatic amines is 1. The number of carbonyl (C=O) groups is 2. The molecule has 2 aliphatic rings. The van der Waals surface area contributed by atoms with E-state index >= 15 is 0 Å². The lowest BCUT2D eigenvalue weighted by Crippen LogP contribution is -2.39. The highest BCUT2D eigenvalue weighted by atomic mass is 19.1. The molecule has 5 N–H and O–H groups in total. The summed E-state index contributed by atoms with van der Waals surface area (Å²) < 4.78 is 13.8. The van der Waals surface area contributed by atoms with Gasteiger partial charge in [0, 0.05) is 41.2 Å². The van der Waals surface area contributed by atoms with E-state index in [1.807, 2.05) is 0 Å². The number of H-pyrrole nitrogens is 1. The van der Waals surface area contributed by atoms with Gasteiger partial charge in [0.25, 0.3) is 5.91 Å². The van der Waals surface area contributed by atoms with Crippen LogP contribution in [-0.4, -0.2) is 35.4 Å². The van der Waals surface area contributed by atoms with E-state index in [9.17, 15) is 14.0 Å². The third kappa shape index (κ3) is 3.60. The van der Waals surface area contributed by atoms with E-state index in [-0.39, 0.29) is 29.7 Å². The number of aromatic nitrogens is 1. The van der Waals surface area contributed by atoms with Crippen molar-refractivity contribution in [3.8, 4) is 0 Å². The van der Waals surface area contributed by atoms with E-state index < -0.39 is 0 Å². The van der Waals surface area contributed by atoms with E-state index in [1.54, 1.807) is 12.1 Å². The Morgan fingerprint density at radius 1 is 1.26 bits per heavy atom. The molecule has 0 unspecified atom stereocenters. The van der Waals surface area contributed by atoms with Crippen LogP contribution in [0.1, 0.15) is 48.2 Å².